The Bertz CT molecular complexity index is 578. The molecule has 0 fully saturated rings. The Morgan fingerprint density at radius 2 is 2.10 bits per heavy atom. The van der Waals surface area contributed by atoms with Gasteiger partial charge in [0.15, 0.2) is 0 Å². The third kappa shape index (κ3) is 3.42. The molecule has 1 amide bonds. The highest BCUT2D eigenvalue weighted by Crippen LogP contribution is 2.21. The van der Waals surface area contributed by atoms with Gasteiger partial charge in [0.2, 0.25) is 0 Å². The Kier molecular flexibility index (Phi) is 4.84. The first-order valence-electron chi connectivity index (χ1n) is 6.42. The molecule has 2 N–H and O–H groups in total. The second-order valence-corrected chi connectivity index (χ2v) is 5.35. The van der Waals surface area contributed by atoms with Crippen LogP contribution in [0.15, 0.2) is 41.0 Å². The number of nitrogens with one attached hydrogen (secondary N) is 2. The Hall–Kier alpha value is -1.75. The number of aromatic amines is 1. The minimum Gasteiger partial charge on any atom is -0.497 e. The van der Waals surface area contributed by atoms with E-state index in [4.69, 9.17) is 4.74 Å². The van der Waals surface area contributed by atoms with Crippen LogP contribution in [0.5, 0.6) is 5.75 Å². The van der Waals surface area contributed by atoms with E-state index in [1.807, 2.05) is 31.2 Å². The van der Waals surface area contributed by atoms with Gasteiger partial charge in [-0.3, -0.25) is 4.79 Å². The average Bonchev–Trinajstić information content (AvgIpc) is 2.91. The molecule has 0 aliphatic rings. The van der Waals surface area contributed by atoms with Crippen molar-refractivity contribution in [1.82, 2.24) is 10.3 Å². The Balaban J connectivity index is 2.09. The van der Waals surface area contributed by atoms with Crippen LogP contribution in [-0.2, 0) is 0 Å². The lowest BCUT2D eigenvalue weighted by atomic mass is 10.0. The van der Waals surface area contributed by atoms with E-state index in [1.165, 1.54) is 0 Å². The molecule has 1 atom stereocenters. The molecule has 0 aliphatic heterocycles. The number of methoxy groups -OCH3 is 1. The number of benzene rings is 1. The van der Waals surface area contributed by atoms with E-state index in [9.17, 15) is 4.79 Å². The normalized spacial score (nSPS) is 11.9. The van der Waals surface area contributed by atoms with E-state index in [0.29, 0.717) is 5.69 Å². The first-order valence-corrected chi connectivity index (χ1v) is 7.22. The van der Waals surface area contributed by atoms with Crippen LogP contribution in [0.2, 0.25) is 0 Å². The van der Waals surface area contributed by atoms with Crippen molar-refractivity contribution in [3.05, 3.63) is 52.3 Å². The van der Waals surface area contributed by atoms with Crippen LogP contribution in [0.4, 0.5) is 0 Å². The van der Waals surface area contributed by atoms with E-state index in [-0.39, 0.29) is 11.9 Å². The van der Waals surface area contributed by atoms with E-state index in [1.54, 1.807) is 19.4 Å². The third-order valence-electron chi connectivity index (χ3n) is 3.12. The van der Waals surface area contributed by atoms with Crippen LogP contribution < -0.4 is 10.1 Å². The largest absolute Gasteiger partial charge is 0.497 e. The summed E-state index contributed by atoms with van der Waals surface area (Å²) in [6.07, 6.45) is 2.56. The van der Waals surface area contributed by atoms with Crippen molar-refractivity contribution in [2.24, 2.45) is 0 Å². The fourth-order valence-corrected chi connectivity index (χ4v) is 2.34. The monoisotopic (exact) mass is 336 g/mol. The molecule has 2 rings (SSSR count). The van der Waals surface area contributed by atoms with Gasteiger partial charge >= 0.3 is 0 Å². The van der Waals surface area contributed by atoms with Crippen LogP contribution in [0, 0.1) is 0 Å². The quantitative estimate of drug-likeness (QED) is 0.875. The van der Waals surface area contributed by atoms with E-state index < -0.39 is 0 Å². The maximum Gasteiger partial charge on any atom is 0.268 e. The molecule has 0 saturated heterocycles. The van der Waals surface area contributed by atoms with Gasteiger partial charge in [0.05, 0.1) is 13.2 Å². The molecule has 4 nitrogen and oxygen atoms in total. The van der Waals surface area contributed by atoms with Crippen molar-refractivity contribution in [1.29, 1.82) is 0 Å². The summed E-state index contributed by atoms with van der Waals surface area (Å²) < 4.78 is 6.00. The smallest absolute Gasteiger partial charge is 0.268 e. The molecule has 0 saturated carbocycles. The maximum absolute atomic E-state index is 12.1. The molecule has 20 heavy (non-hydrogen) atoms. The van der Waals surface area contributed by atoms with Crippen LogP contribution in [0.1, 0.15) is 35.4 Å². The van der Waals surface area contributed by atoms with Crippen LogP contribution in [-0.4, -0.2) is 18.0 Å². The zero-order valence-corrected chi connectivity index (χ0v) is 13.0. The third-order valence-corrected chi connectivity index (χ3v) is 3.58. The number of carbonyl (C=O) groups excluding carboxylic acids is 1. The lowest BCUT2D eigenvalue weighted by Crippen LogP contribution is -2.28. The Morgan fingerprint density at radius 1 is 1.40 bits per heavy atom. The molecule has 0 bridgehead atoms. The number of halogens is 1. The van der Waals surface area contributed by atoms with Gasteiger partial charge in [0.25, 0.3) is 5.91 Å². The lowest BCUT2D eigenvalue weighted by Gasteiger charge is -2.17. The molecule has 0 radical (unpaired) electrons. The highest BCUT2D eigenvalue weighted by atomic mass is 79.9. The summed E-state index contributed by atoms with van der Waals surface area (Å²) >= 11 is 3.32. The molecular weight excluding hydrogens is 320 g/mol. The summed E-state index contributed by atoms with van der Waals surface area (Å²) in [6, 6.07) is 9.48. The summed E-state index contributed by atoms with van der Waals surface area (Å²) in [4.78, 5) is 15.1. The number of amides is 1. The van der Waals surface area contributed by atoms with Crippen LogP contribution in [0.25, 0.3) is 0 Å². The molecule has 1 aromatic carbocycles. The topological polar surface area (TPSA) is 54.1 Å². The highest BCUT2D eigenvalue weighted by molar-refractivity contribution is 9.10. The maximum atomic E-state index is 12.1. The van der Waals surface area contributed by atoms with Crippen molar-refractivity contribution < 1.29 is 9.53 Å². The molecule has 0 spiro atoms. The second kappa shape index (κ2) is 6.61. The van der Waals surface area contributed by atoms with Gasteiger partial charge in [-0.15, -0.1) is 0 Å². The van der Waals surface area contributed by atoms with E-state index in [2.05, 4.69) is 26.2 Å². The molecule has 5 heteroatoms. The number of H-pyrrole nitrogens is 1. The van der Waals surface area contributed by atoms with Gasteiger partial charge in [-0.2, -0.15) is 0 Å². The van der Waals surface area contributed by atoms with Crippen molar-refractivity contribution >= 4 is 21.8 Å². The minimum atomic E-state index is -0.113. The molecule has 106 valence electrons. The number of hydrogen-bond donors (Lipinski definition) is 2. The molecular formula is C15H17BrN2O2. The van der Waals surface area contributed by atoms with Crippen molar-refractivity contribution in [3.63, 3.8) is 0 Å². The first-order chi connectivity index (χ1) is 9.63. The summed E-state index contributed by atoms with van der Waals surface area (Å²) in [5.74, 6) is 0.696. The SMILES string of the molecule is CCC(NC(=O)c1cc(Br)c[nH]1)c1ccc(OC)cc1. The van der Waals surface area contributed by atoms with Crippen molar-refractivity contribution in [2.75, 3.05) is 7.11 Å². The summed E-state index contributed by atoms with van der Waals surface area (Å²) in [5, 5.41) is 3.02. The Morgan fingerprint density at radius 3 is 2.60 bits per heavy atom. The van der Waals surface area contributed by atoms with E-state index >= 15 is 0 Å². The van der Waals surface area contributed by atoms with Gasteiger partial charge in [-0.25, -0.2) is 0 Å². The standard InChI is InChI=1S/C15H17BrN2O2/c1-3-13(10-4-6-12(20-2)7-5-10)18-15(19)14-8-11(16)9-17-14/h4-9,13,17H,3H2,1-2H3,(H,18,19). The van der Waals surface area contributed by atoms with Crippen LogP contribution in [0.3, 0.4) is 0 Å². The number of hydrogen-bond acceptors (Lipinski definition) is 2. The fourth-order valence-electron chi connectivity index (χ4n) is 1.99. The van der Waals surface area contributed by atoms with Crippen molar-refractivity contribution in [2.45, 2.75) is 19.4 Å². The number of ether oxygens (including phenoxy) is 1. The summed E-state index contributed by atoms with van der Waals surface area (Å²) in [7, 11) is 1.64. The van der Waals surface area contributed by atoms with E-state index in [0.717, 1.165) is 22.2 Å². The Labute approximate surface area is 126 Å². The fraction of sp³-hybridized carbons (Fsp3) is 0.267. The lowest BCUT2D eigenvalue weighted by molar-refractivity contribution is 0.0931. The van der Waals surface area contributed by atoms with Gasteiger partial charge in [-0.05, 0) is 46.1 Å². The second-order valence-electron chi connectivity index (χ2n) is 4.44. The molecule has 1 aromatic heterocycles. The number of aromatic nitrogens is 1. The molecule has 1 unspecified atom stereocenters. The minimum absolute atomic E-state index is 0.0181. The molecule has 1 heterocycles. The first kappa shape index (κ1) is 14.7. The van der Waals surface area contributed by atoms with Gasteiger partial charge in [0, 0.05) is 10.7 Å². The predicted molar refractivity (Wildman–Crippen MR) is 82.0 cm³/mol. The zero-order valence-electron chi connectivity index (χ0n) is 11.4. The number of carbonyl (C=O) groups is 1. The average molecular weight is 337 g/mol. The summed E-state index contributed by atoms with van der Waals surface area (Å²) in [6.45, 7) is 2.04. The van der Waals surface area contributed by atoms with Gasteiger partial charge in [0.1, 0.15) is 11.4 Å². The van der Waals surface area contributed by atoms with Gasteiger partial charge < -0.3 is 15.0 Å². The van der Waals surface area contributed by atoms with Crippen LogP contribution >= 0.6 is 15.9 Å². The molecule has 2 aromatic rings. The van der Waals surface area contributed by atoms with Gasteiger partial charge in [-0.1, -0.05) is 19.1 Å². The highest BCUT2D eigenvalue weighted by Gasteiger charge is 2.15. The number of rotatable bonds is 5. The zero-order chi connectivity index (χ0) is 14.5. The summed E-state index contributed by atoms with van der Waals surface area (Å²) in [5.41, 5.74) is 1.61. The van der Waals surface area contributed by atoms with Crippen molar-refractivity contribution in [3.8, 4) is 5.75 Å². The molecule has 0 aliphatic carbocycles. The predicted octanol–water partition coefficient (Wildman–Crippen LogP) is 3.67.